The van der Waals surface area contributed by atoms with Crippen molar-refractivity contribution in [3.05, 3.63) is 23.8 Å². The van der Waals surface area contributed by atoms with E-state index in [0.717, 1.165) is 0 Å². The molecule has 0 saturated carbocycles. The number of aliphatic hydroxyl groups excluding tert-OH is 5. The van der Waals surface area contributed by atoms with Gasteiger partial charge < -0.3 is 44.5 Å². The summed E-state index contributed by atoms with van der Waals surface area (Å²) >= 11 is 0. The molecule has 1 heterocycles. The van der Waals surface area contributed by atoms with Gasteiger partial charge in [0.25, 0.3) is 0 Å². The Bertz CT molecular complexity index is 591. The van der Waals surface area contributed by atoms with Gasteiger partial charge in [0.1, 0.15) is 24.4 Å². The molecule has 1 aromatic carbocycles. The first-order chi connectivity index (χ1) is 12.5. The van der Waals surface area contributed by atoms with Crippen molar-refractivity contribution in [2.45, 2.75) is 30.7 Å². The van der Waals surface area contributed by atoms with E-state index < -0.39 is 37.3 Å². The van der Waals surface area contributed by atoms with E-state index in [1.165, 1.54) is 20.3 Å². The van der Waals surface area contributed by atoms with Crippen LogP contribution in [-0.4, -0.2) is 83.7 Å². The molecule has 1 aliphatic rings. The monoisotopic (exact) mass is 372 g/mol. The molecule has 26 heavy (non-hydrogen) atoms. The van der Waals surface area contributed by atoms with Crippen LogP contribution in [0.25, 0.3) is 6.08 Å². The number of hydrogen-bond donors (Lipinski definition) is 5. The zero-order valence-corrected chi connectivity index (χ0v) is 14.5. The second kappa shape index (κ2) is 9.17. The average Bonchev–Trinajstić information content (AvgIpc) is 2.66. The lowest BCUT2D eigenvalue weighted by molar-refractivity contribution is -0.277. The highest BCUT2D eigenvalue weighted by molar-refractivity contribution is 5.62. The minimum absolute atomic E-state index is 0.112. The zero-order chi connectivity index (χ0) is 19.3. The summed E-state index contributed by atoms with van der Waals surface area (Å²) in [7, 11) is 2.82. The van der Waals surface area contributed by atoms with Crippen LogP contribution >= 0.6 is 0 Å². The Morgan fingerprint density at radius 3 is 2.12 bits per heavy atom. The van der Waals surface area contributed by atoms with Crippen LogP contribution < -0.4 is 14.2 Å². The Balaban J connectivity index is 2.33. The summed E-state index contributed by atoms with van der Waals surface area (Å²) in [6.45, 7) is -0.697. The number of methoxy groups -OCH3 is 2. The Morgan fingerprint density at radius 2 is 1.62 bits per heavy atom. The Hall–Kier alpha value is -1.88. The van der Waals surface area contributed by atoms with Crippen LogP contribution in [0.2, 0.25) is 0 Å². The van der Waals surface area contributed by atoms with Gasteiger partial charge in [-0.2, -0.15) is 0 Å². The molecule has 0 radical (unpaired) electrons. The molecule has 0 aliphatic carbocycles. The molecule has 5 N–H and O–H groups in total. The highest BCUT2D eigenvalue weighted by Crippen LogP contribution is 2.40. The van der Waals surface area contributed by atoms with E-state index in [1.54, 1.807) is 18.2 Å². The second-order valence-corrected chi connectivity index (χ2v) is 5.65. The van der Waals surface area contributed by atoms with Gasteiger partial charge in [-0.15, -0.1) is 0 Å². The minimum atomic E-state index is -1.56. The van der Waals surface area contributed by atoms with E-state index >= 15 is 0 Å². The van der Waals surface area contributed by atoms with Crippen molar-refractivity contribution in [1.29, 1.82) is 0 Å². The van der Waals surface area contributed by atoms with E-state index in [4.69, 9.17) is 24.1 Å². The van der Waals surface area contributed by atoms with Crippen LogP contribution in [0.5, 0.6) is 17.2 Å². The van der Waals surface area contributed by atoms with Crippen LogP contribution in [0.3, 0.4) is 0 Å². The van der Waals surface area contributed by atoms with Crippen LogP contribution in [0.1, 0.15) is 5.56 Å². The molecule has 1 saturated heterocycles. The molecule has 2 rings (SSSR count). The van der Waals surface area contributed by atoms with Gasteiger partial charge in [0, 0.05) is 0 Å². The predicted molar refractivity (Wildman–Crippen MR) is 90.1 cm³/mol. The molecule has 0 unspecified atom stereocenters. The molecule has 146 valence electrons. The summed E-state index contributed by atoms with van der Waals surface area (Å²) in [5.41, 5.74) is 0.675. The smallest absolute Gasteiger partial charge is 0.229 e. The first kappa shape index (κ1) is 20.4. The number of aliphatic hydroxyl groups is 5. The largest absolute Gasteiger partial charge is 0.493 e. The maximum absolute atomic E-state index is 10.1. The van der Waals surface area contributed by atoms with Crippen molar-refractivity contribution in [2.24, 2.45) is 0 Å². The van der Waals surface area contributed by atoms with E-state index in [1.807, 2.05) is 0 Å². The second-order valence-electron chi connectivity index (χ2n) is 5.65. The van der Waals surface area contributed by atoms with E-state index in [9.17, 15) is 20.4 Å². The fraction of sp³-hybridized carbons (Fsp3) is 0.529. The van der Waals surface area contributed by atoms with Crippen molar-refractivity contribution in [3.8, 4) is 17.2 Å². The van der Waals surface area contributed by atoms with Gasteiger partial charge in [0.05, 0.1) is 27.4 Å². The first-order valence-corrected chi connectivity index (χ1v) is 7.97. The summed E-state index contributed by atoms with van der Waals surface area (Å²) in [5, 5.41) is 48.0. The lowest BCUT2D eigenvalue weighted by Gasteiger charge is -2.39. The van der Waals surface area contributed by atoms with Crippen LogP contribution in [0.4, 0.5) is 0 Å². The molecule has 0 spiro atoms. The molecule has 5 atom stereocenters. The van der Waals surface area contributed by atoms with Crippen molar-refractivity contribution in [1.82, 2.24) is 0 Å². The third-order valence-corrected chi connectivity index (χ3v) is 3.98. The van der Waals surface area contributed by atoms with Gasteiger partial charge in [0.15, 0.2) is 11.5 Å². The topological polar surface area (TPSA) is 138 Å². The Morgan fingerprint density at radius 1 is 1.00 bits per heavy atom. The van der Waals surface area contributed by atoms with Crippen molar-refractivity contribution in [3.63, 3.8) is 0 Å². The molecule has 0 bridgehead atoms. The molecule has 1 fully saturated rings. The van der Waals surface area contributed by atoms with Crippen LogP contribution in [0.15, 0.2) is 18.2 Å². The average molecular weight is 372 g/mol. The normalized spacial score (nSPS) is 29.0. The summed E-state index contributed by atoms with van der Waals surface area (Å²) in [6.07, 6.45) is -3.88. The van der Waals surface area contributed by atoms with Gasteiger partial charge in [-0.3, -0.25) is 0 Å². The Labute approximate surface area is 150 Å². The lowest BCUT2D eigenvalue weighted by atomic mass is 9.99. The highest BCUT2D eigenvalue weighted by atomic mass is 16.7. The minimum Gasteiger partial charge on any atom is -0.493 e. The number of benzene rings is 1. The van der Waals surface area contributed by atoms with Crippen LogP contribution in [0, 0.1) is 0 Å². The lowest BCUT2D eigenvalue weighted by Crippen LogP contribution is -2.60. The van der Waals surface area contributed by atoms with Crippen molar-refractivity contribution in [2.75, 3.05) is 27.4 Å². The molecular weight excluding hydrogens is 348 g/mol. The fourth-order valence-corrected chi connectivity index (χ4v) is 2.58. The van der Waals surface area contributed by atoms with E-state index in [2.05, 4.69) is 0 Å². The zero-order valence-electron chi connectivity index (χ0n) is 14.5. The predicted octanol–water partition coefficient (Wildman–Crippen LogP) is -1.11. The third kappa shape index (κ3) is 4.26. The first-order valence-electron chi connectivity index (χ1n) is 7.97. The quantitative estimate of drug-likeness (QED) is 0.403. The maximum atomic E-state index is 10.1. The molecule has 1 aromatic rings. The number of hydrogen-bond acceptors (Lipinski definition) is 9. The molecule has 0 amide bonds. The van der Waals surface area contributed by atoms with Gasteiger partial charge in [0.2, 0.25) is 12.0 Å². The summed E-state index contributed by atoms with van der Waals surface area (Å²) in [4.78, 5) is 0. The van der Waals surface area contributed by atoms with Gasteiger partial charge in [-0.05, 0) is 17.7 Å². The molecule has 0 aromatic heterocycles. The SMILES string of the molecule is COc1cc(/C=C\CO)cc(OC)c1O[C@@H]1O[C@H](CO)[C@H](O)[C@H](O)[C@@H]1O. The van der Waals surface area contributed by atoms with E-state index in [-0.39, 0.29) is 23.9 Å². The standard InChI is InChI=1S/C17H24O9/c1-23-10-6-9(4-3-5-18)7-11(24-2)16(10)26-17-15(22)14(21)13(20)12(8-19)25-17/h3-4,6-7,12-15,17-22H,5,8H2,1-2H3/b4-3-/t12-,13+,14+,15+,17+/m1/s1. The molecule has 1 aliphatic heterocycles. The van der Waals surface area contributed by atoms with Crippen molar-refractivity contribution < 1.29 is 44.5 Å². The highest BCUT2D eigenvalue weighted by Gasteiger charge is 2.45. The number of rotatable bonds is 7. The third-order valence-electron chi connectivity index (χ3n) is 3.98. The fourth-order valence-electron chi connectivity index (χ4n) is 2.58. The molecule has 9 heteroatoms. The molecule has 9 nitrogen and oxygen atoms in total. The van der Waals surface area contributed by atoms with Crippen LogP contribution in [-0.2, 0) is 4.74 Å². The summed E-state index contributed by atoms with van der Waals surface area (Å²) in [6, 6.07) is 3.24. The van der Waals surface area contributed by atoms with E-state index in [0.29, 0.717) is 5.56 Å². The van der Waals surface area contributed by atoms with Crippen molar-refractivity contribution >= 4 is 6.08 Å². The maximum Gasteiger partial charge on any atom is 0.229 e. The van der Waals surface area contributed by atoms with Gasteiger partial charge in [-0.1, -0.05) is 12.2 Å². The number of ether oxygens (including phenoxy) is 4. The van der Waals surface area contributed by atoms with Gasteiger partial charge in [-0.25, -0.2) is 0 Å². The molecular formula is C17H24O9. The summed E-state index contributed by atoms with van der Waals surface area (Å²) in [5.74, 6) is 0.637. The summed E-state index contributed by atoms with van der Waals surface area (Å²) < 4.78 is 21.6. The van der Waals surface area contributed by atoms with Gasteiger partial charge >= 0.3 is 0 Å². The Kier molecular flexibility index (Phi) is 7.21.